The van der Waals surface area contributed by atoms with Crippen LogP contribution in [0.1, 0.15) is 26.7 Å². The van der Waals surface area contributed by atoms with E-state index in [-0.39, 0.29) is 12.0 Å². The summed E-state index contributed by atoms with van der Waals surface area (Å²) in [4.78, 5) is 16.3. The molecule has 0 fully saturated rings. The van der Waals surface area contributed by atoms with Gasteiger partial charge in [-0.05, 0) is 42.0 Å². The molecule has 33 heavy (non-hydrogen) atoms. The van der Waals surface area contributed by atoms with Crippen molar-refractivity contribution in [2.75, 3.05) is 13.7 Å². The summed E-state index contributed by atoms with van der Waals surface area (Å²) >= 11 is 0. The monoisotopic (exact) mass is 452 g/mol. The van der Waals surface area contributed by atoms with Gasteiger partial charge in [0.25, 0.3) is 0 Å². The summed E-state index contributed by atoms with van der Waals surface area (Å²) in [5.74, 6) is 0.752. The van der Waals surface area contributed by atoms with Crippen molar-refractivity contribution in [2.24, 2.45) is 5.92 Å². The zero-order chi connectivity index (χ0) is 23.5. The predicted molar refractivity (Wildman–Crippen MR) is 126 cm³/mol. The normalized spacial score (nSPS) is 12.8. The van der Waals surface area contributed by atoms with Crippen LogP contribution < -0.4 is 10.1 Å². The van der Waals surface area contributed by atoms with Gasteiger partial charge < -0.3 is 14.2 Å². The Morgan fingerprint density at radius 1 is 1.03 bits per heavy atom. The molecule has 176 valence electrons. The van der Waals surface area contributed by atoms with Crippen molar-refractivity contribution in [2.45, 2.75) is 45.6 Å². The first-order chi connectivity index (χ1) is 16.1. The molecular weight excluding hydrogens is 420 g/mol. The third kappa shape index (κ3) is 7.61. The molecule has 8 heteroatoms. The molecule has 3 rings (SSSR count). The van der Waals surface area contributed by atoms with Crippen LogP contribution in [0.15, 0.2) is 67.3 Å². The highest BCUT2D eigenvalue weighted by molar-refractivity contribution is 5.67. The number of carbonyl (C=O) groups is 1. The molecule has 2 atom stereocenters. The molecule has 0 aliphatic rings. The average Bonchev–Trinajstić information content (AvgIpc) is 3.34. The number of carbonyl (C=O) groups excluding carboxylic acids is 1. The quantitative estimate of drug-likeness (QED) is 0.321. The van der Waals surface area contributed by atoms with E-state index in [1.54, 1.807) is 18.1 Å². The Bertz CT molecular complexity index is 946. The van der Waals surface area contributed by atoms with Crippen LogP contribution >= 0.6 is 0 Å². The van der Waals surface area contributed by atoms with E-state index in [1.165, 1.54) is 6.33 Å². The van der Waals surface area contributed by atoms with E-state index in [9.17, 15) is 4.79 Å². The number of benzene rings is 2. The summed E-state index contributed by atoms with van der Waals surface area (Å²) in [7, 11) is 1.61. The third-order valence-corrected chi connectivity index (χ3v) is 5.19. The second-order valence-electron chi connectivity index (χ2n) is 8.02. The highest BCUT2D eigenvalue weighted by atomic mass is 16.6. The highest BCUT2D eigenvalue weighted by Gasteiger charge is 2.28. The van der Waals surface area contributed by atoms with E-state index >= 15 is 0 Å². The van der Waals surface area contributed by atoms with Crippen LogP contribution in [-0.4, -0.2) is 46.9 Å². The lowest BCUT2D eigenvalue weighted by atomic mass is 10.1. The second kappa shape index (κ2) is 12.6. The van der Waals surface area contributed by atoms with Gasteiger partial charge in [-0.15, -0.1) is 0 Å². The zero-order valence-electron chi connectivity index (χ0n) is 19.4. The van der Waals surface area contributed by atoms with Crippen molar-refractivity contribution in [3.63, 3.8) is 0 Å². The summed E-state index contributed by atoms with van der Waals surface area (Å²) in [6.07, 6.45) is 3.14. The van der Waals surface area contributed by atoms with E-state index < -0.39 is 12.3 Å². The number of aryl methyl sites for hydroxylation is 1. The van der Waals surface area contributed by atoms with E-state index in [0.717, 1.165) is 30.5 Å². The molecule has 0 aliphatic heterocycles. The summed E-state index contributed by atoms with van der Waals surface area (Å²) in [5, 5.41) is 6.86. The Labute approximate surface area is 194 Å². The highest BCUT2D eigenvalue weighted by Crippen LogP contribution is 2.24. The van der Waals surface area contributed by atoms with Crippen molar-refractivity contribution < 1.29 is 19.0 Å². The van der Waals surface area contributed by atoms with Crippen LogP contribution in [0.4, 0.5) is 4.79 Å². The number of ether oxygens (including phenoxy) is 3. The molecule has 2 aromatic carbocycles. The first kappa shape index (κ1) is 24.3. The maximum absolute atomic E-state index is 12.4. The number of hydrogen-bond donors (Lipinski definition) is 1. The van der Waals surface area contributed by atoms with Crippen LogP contribution in [0.25, 0.3) is 11.1 Å². The smallest absolute Gasteiger partial charge is 0.410 e. The van der Waals surface area contributed by atoms with Gasteiger partial charge in [0.1, 0.15) is 24.5 Å². The predicted octanol–water partition coefficient (Wildman–Crippen LogP) is 4.53. The molecule has 2 unspecified atom stereocenters. The maximum atomic E-state index is 12.4. The van der Waals surface area contributed by atoms with Gasteiger partial charge in [0.15, 0.2) is 0 Å². The fourth-order valence-corrected chi connectivity index (χ4v) is 3.47. The number of amides is 1. The number of rotatable bonds is 12. The SMILES string of the molecule is COC(C(C)C)C(NC(=O)OCCCCn1cncn1)Oc1ccc(-c2ccccc2)cc1. The molecule has 0 radical (unpaired) electrons. The Morgan fingerprint density at radius 3 is 2.39 bits per heavy atom. The van der Waals surface area contributed by atoms with Gasteiger partial charge in [0.2, 0.25) is 6.23 Å². The Morgan fingerprint density at radius 2 is 1.76 bits per heavy atom. The summed E-state index contributed by atoms with van der Waals surface area (Å²) in [6, 6.07) is 17.9. The molecule has 0 aliphatic carbocycles. The van der Waals surface area contributed by atoms with Crippen LogP contribution in [0.5, 0.6) is 5.75 Å². The molecule has 3 aromatic rings. The van der Waals surface area contributed by atoms with Crippen molar-refractivity contribution >= 4 is 6.09 Å². The molecule has 0 spiro atoms. The Hall–Kier alpha value is -3.39. The van der Waals surface area contributed by atoms with Gasteiger partial charge in [-0.25, -0.2) is 9.78 Å². The van der Waals surface area contributed by atoms with E-state index in [2.05, 4.69) is 27.5 Å². The molecule has 1 aromatic heterocycles. The molecule has 1 N–H and O–H groups in total. The summed E-state index contributed by atoms with van der Waals surface area (Å²) < 4.78 is 18.8. The van der Waals surface area contributed by atoms with Gasteiger partial charge in [0.05, 0.1) is 6.61 Å². The molecular formula is C25H32N4O4. The largest absolute Gasteiger partial charge is 0.468 e. The lowest BCUT2D eigenvalue weighted by molar-refractivity contribution is -0.0387. The fourth-order valence-electron chi connectivity index (χ4n) is 3.47. The molecule has 0 saturated heterocycles. The second-order valence-corrected chi connectivity index (χ2v) is 8.02. The van der Waals surface area contributed by atoms with Crippen LogP contribution in [0.3, 0.4) is 0 Å². The first-order valence-corrected chi connectivity index (χ1v) is 11.2. The van der Waals surface area contributed by atoms with Crippen LogP contribution in [-0.2, 0) is 16.0 Å². The minimum atomic E-state index is -0.694. The minimum absolute atomic E-state index is 0.117. The number of nitrogens with zero attached hydrogens (tertiary/aromatic N) is 3. The number of unbranched alkanes of at least 4 members (excludes halogenated alkanes) is 1. The molecule has 1 heterocycles. The molecule has 1 amide bonds. The van der Waals surface area contributed by atoms with Gasteiger partial charge in [0, 0.05) is 13.7 Å². The Balaban J connectivity index is 1.54. The van der Waals surface area contributed by atoms with Gasteiger partial charge in [-0.3, -0.25) is 10.00 Å². The summed E-state index contributed by atoms with van der Waals surface area (Å²) in [5.41, 5.74) is 2.22. The zero-order valence-corrected chi connectivity index (χ0v) is 19.4. The molecule has 8 nitrogen and oxygen atoms in total. The van der Waals surface area contributed by atoms with Crippen molar-refractivity contribution in [3.05, 3.63) is 67.3 Å². The number of alkyl carbamates (subject to hydrolysis) is 1. The average molecular weight is 453 g/mol. The van der Waals surface area contributed by atoms with Crippen molar-refractivity contribution in [3.8, 4) is 16.9 Å². The third-order valence-electron chi connectivity index (χ3n) is 5.19. The van der Waals surface area contributed by atoms with Crippen molar-refractivity contribution in [1.82, 2.24) is 20.1 Å². The number of aromatic nitrogens is 3. The maximum Gasteiger partial charge on any atom is 0.410 e. The Kier molecular flexibility index (Phi) is 9.26. The number of methoxy groups -OCH3 is 1. The molecule has 0 bridgehead atoms. The van der Waals surface area contributed by atoms with E-state index in [0.29, 0.717) is 12.4 Å². The van der Waals surface area contributed by atoms with Gasteiger partial charge >= 0.3 is 6.09 Å². The van der Waals surface area contributed by atoms with Crippen molar-refractivity contribution in [1.29, 1.82) is 0 Å². The number of hydrogen-bond acceptors (Lipinski definition) is 6. The van der Waals surface area contributed by atoms with E-state index in [4.69, 9.17) is 14.2 Å². The minimum Gasteiger partial charge on any atom is -0.468 e. The molecule has 0 saturated carbocycles. The standard InChI is InChI=1S/C25H32N4O4/c1-19(2)23(31-3)24(28-25(30)32-16-8-7-15-29-18-26-17-27-29)33-22-13-11-21(12-14-22)20-9-5-4-6-10-20/h4-6,9-14,17-19,23-24H,7-8,15-16H2,1-3H3,(H,28,30). The first-order valence-electron chi connectivity index (χ1n) is 11.2. The van der Waals surface area contributed by atoms with Gasteiger partial charge in [-0.2, -0.15) is 5.10 Å². The van der Waals surface area contributed by atoms with Crippen LogP contribution in [0, 0.1) is 5.92 Å². The summed E-state index contributed by atoms with van der Waals surface area (Å²) in [6.45, 7) is 5.06. The van der Waals surface area contributed by atoms with Crippen LogP contribution in [0.2, 0.25) is 0 Å². The fraction of sp³-hybridized carbons (Fsp3) is 0.400. The topological polar surface area (TPSA) is 87.5 Å². The lowest BCUT2D eigenvalue weighted by Crippen LogP contribution is -2.50. The van der Waals surface area contributed by atoms with Gasteiger partial charge in [-0.1, -0.05) is 56.3 Å². The number of nitrogens with one attached hydrogen (secondary N) is 1. The van der Waals surface area contributed by atoms with E-state index in [1.807, 2.05) is 56.3 Å². The lowest BCUT2D eigenvalue weighted by Gasteiger charge is -2.29.